The van der Waals surface area contributed by atoms with E-state index in [-0.39, 0.29) is 17.7 Å². The van der Waals surface area contributed by atoms with Gasteiger partial charge in [0.15, 0.2) is 0 Å². The number of amides is 1. The summed E-state index contributed by atoms with van der Waals surface area (Å²) in [5.41, 5.74) is 1.80. The fraction of sp³-hybridized carbons (Fsp3) is 0.529. The Hall–Kier alpha value is -1.84. The Balaban J connectivity index is 1.80. The van der Waals surface area contributed by atoms with Gasteiger partial charge in [0.25, 0.3) is 0 Å². The minimum atomic E-state index is -1.06. The predicted molar refractivity (Wildman–Crippen MR) is 77.2 cm³/mol. The molecule has 4 rings (SSSR count). The fourth-order valence-electron chi connectivity index (χ4n) is 4.11. The van der Waals surface area contributed by atoms with Crippen LogP contribution in [0.2, 0.25) is 0 Å². The van der Waals surface area contributed by atoms with E-state index in [1.807, 2.05) is 31.2 Å². The fourth-order valence-corrected chi connectivity index (χ4v) is 4.11. The lowest BCUT2D eigenvalue weighted by Gasteiger charge is -2.48. The maximum Gasteiger partial charge on any atom is 0.228 e. The SMILES string of the molecule is Cc1cccc(NC(=O)[C@H]2C3CCC(CC3)[C@H]2C(=O)[O-])c1. The minimum absolute atomic E-state index is 0.105. The van der Waals surface area contributed by atoms with Crippen molar-refractivity contribution in [2.75, 3.05) is 5.32 Å². The number of hydrogen-bond acceptors (Lipinski definition) is 3. The highest BCUT2D eigenvalue weighted by atomic mass is 16.4. The number of fused-ring (bicyclic) bond motifs is 3. The molecule has 0 radical (unpaired) electrons. The van der Waals surface area contributed by atoms with E-state index in [2.05, 4.69) is 5.32 Å². The van der Waals surface area contributed by atoms with Gasteiger partial charge in [-0.1, -0.05) is 12.1 Å². The van der Waals surface area contributed by atoms with E-state index in [4.69, 9.17) is 0 Å². The van der Waals surface area contributed by atoms with E-state index < -0.39 is 17.8 Å². The van der Waals surface area contributed by atoms with Crippen molar-refractivity contribution in [1.82, 2.24) is 0 Å². The number of aliphatic carboxylic acids is 1. The van der Waals surface area contributed by atoms with Crippen molar-refractivity contribution >= 4 is 17.6 Å². The van der Waals surface area contributed by atoms with Crippen LogP contribution in [0.1, 0.15) is 31.2 Å². The molecule has 3 aliphatic carbocycles. The molecule has 1 aromatic rings. The Kier molecular flexibility index (Phi) is 3.70. The number of carbonyl (C=O) groups is 2. The van der Waals surface area contributed by atoms with Gasteiger partial charge < -0.3 is 15.2 Å². The number of anilines is 1. The van der Waals surface area contributed by atoms with Gasteiger partial charge in [-0.2, -0.15) is 0 Å². The van der Waals surface area contributed by atoms with Crippen molar-refractivity contribution in [3.05, 3.63) is 29.8 Å². The zero-order valence-electron chi connectivity index (χ0n) is 12.2. The molecule has 112 valence electrons. The van der Waals surface area contributed by atoms with Crippen LogP contribution < -0.4 is 10.4 Å². The monoisotopic (exact) mass is 286 g/mol. The molecule has 4 nitrogen and oxygen atoms in total. The molecule has 1 N–H and O–H groups in total. The molecule has 2 atom stereocenters. The minimum Gasteiger partial charge on any atom is -0.550 e. The summed E-state index contributed by atoms with van der Waals surface area (Å²) in [6.45, 7) is 1.96. The topological polar surface area (TPSA) is 69.2 Å². The van der Waals surface area contributed by atoms with Crippen LogP contribution in [-0.2, 0) is 9.59 Å². The number of aryl methyl sites for hydroxylation is 1. The summed E-state index contributed by atoms with van der Waals surface area (Å²) < 4.78 is 0. The van der Waals surface area contributed by atoms with Gasteiger partial charge in [-0.05, 0) is 62.1 Å². The van der Waals surface area contributed by atoms with Crippen LogP contribution in [0.15, 0.2) is 24.3 Å². The second kappa shape index (κ2) is 5.51. The summed E-state index contributed by atoms with van der Waals surface area (Å²) in [5.74, 6) is -2.00. The lowest BCUT2D eigenvalue weighted by molar-refractivity contribution is -0.318. The van der Waals surface area contributed by atoms with Crippen LogP contribution in [-0.4, -0.2) is 11.9 Å². The molecule has 1 aromatic carbocycles. The van der Waals surface area contributed by atoms with Crippen molar-refractivity contribution < 1.29 is 14.7 Å². The molecular weight excluding hydrogens is 266 g/mol. The first-order valence-corrected chi connectivity index (χ1v) is 7.64. The Morgan fingerprint density at radius 3 is 2.29 bits per heavy atom. The zero-order chi connectivity index (χ0) is 15.0. The van der Waals surface area contributed by atoms with Gasteiger partial charge in [-0.3, -0.25) is 4.79 Å². The molecule has 3 fully saturated rings. The summed E-state index contributed by atoms with van der Waals surface area (Å²) in [6, 6.07) is 7.57. The molecule has 0 saturated heterocycles. The van der Waals surface area contributed by atoms with Crippen LogP contribution in [0.4, 0.5) is 5.69 Å². The highest BCUT2D eigenvalue weighted by Crippen LogP contribution is 2.49. The quantitative estimate of drug-likeness (QED) is 0.920. The van der Waals surface area contributed by atoms with Gasteiger partial charge in [0.2, 0.25) is 5.91 Å². The average Bonchev–Trinajstić information content (AvgIpc) is 2.47. The summed E-state index contributed by atoms with van der Waals surface area (Å²) in [4.78, 5) is 24.1. The molecule has 3 aliphatic rings. The van der Waals surface area contributed by atoms with Crippen molar-refractivity contribution in [2.24, 2.45) is 23.7 Å². The van der Waals surface area contributed by atoms with Gasteiger partial charge in [0.1, 0.15) is 0 Å². The molecule has 21 heavy (non-hydrogen) atoms. The Bertz CT molecular complexity index is 561. The van der Waals surface area contributed by atoms with E-state index in [9.17, 15) is 14.7 Å². The van der Waals surface area contributed by atoms with E-state index in [1.54, 1.807) is 0 Å². The summed E-state index contributed by atoms with van der Waals surface area (Å²) in [5, 5.41) is 14.4. The number of rotatable bonds is 3. The highest BCUT2D eigenvalue weighted by Gasteiger charge is 2.47. The largest absolute Gasteiger partial charge is 0.550 e. The van der Waals surface area contributed by atoms with Crippen LogP contribution in [0.5, 0.6) is 0 Å². The maximum atomic E-state index is 12.6. The number of carbonyl (C=O) groups excluding carboxylic acids is 2. The van der Waals surface area contributed by atoms with E-state index in [1.165, 1.54) is 0 Å². The van der Waals surface area contributed by atoms with Gasteiger partial charge in [-0.15, -0.1) is 0 Å². The van der Waals surface area contributed by atoms with E-state index in [0.717, 1.165) is 36.9 Å². The third kappa shape index (κ3) is 2.67. The molecule has 0 aliphatic heterocycles. The number of hydrogen-bond donors (Lipinski definition) is 1. The van der Waals surface area contributed by atoms with Crippen LogP contribution >= 0.6 is 0 Å². The third-order valence-corrected chi connectivity index (χ3v) is 5.08. The molecule has 3 saturated carbocycles. The molecule has 0 heterocycles. The summed E-state index contributed by atoms with van der Waals surface area (Å²) in [6.07, 6.45) is 3.75. The second-order valence-electron chi connectivity index (χ2n) is 6.40. The van der Waals surface area contributed by atoms with Crippen LogP contribution in [0.3, 0.4) is 0 Å². The molecule has 0 spiro atoms. The normalized spacial score (nSPS) is 30.9. The van der Waals surface area contributed by atoms with Crippen LogP contribution in [0.25, 0.3) is 0 Å². The van der Waals surface area contributed by atoms with Gasteiger partial charge in [0.05, 0.1) is 0 Å². The van der Waals surface area contributed by atoms with Gasteiger partial charge in [-0.25, -0.2) is 0 Å². The molecule has 1 amide bonds. The smallest absolute Gasteiger partial charge is 0.228 e. The lowest BCUT2D eigenvalue weighted by Crippen LogP contribution is -2.52. The molecular formula is C17H20NO3-. The molecule has 0 unspecified atom stereocenters. The number of carboxylic acid groups (broad SMARTS) is 1. The summed E-state index contributed by atoms with van der Waals surface area (Å²) >= 11 is 0. The number of carboxylic acids is 1. The zero-order valence-corrected chi connectivity index (χ0v) is 12.2. The molecule has 2 bridgehead atoms. The first kappa shape index (κ1) is 14.1. The van der Waals surface area contributed by atoms with E-state index in [0.29, 0.717) is 0 Å². The highest BCUT2D eigenvalue weighted by molar-refractivity contribution is 5.95. The first-order chi connectivity index (χ1) is 10.1. The lowest BCUT2D eigenvalue weighted by atomic mass is 9.58. The number of benzene rings is 1. The average molecular weight is 286 g/mol. The molecule has 4 heteroatoms. The van der Waals surface area contributed by atoms with Crippen molar-refractivity contribution in [3.8, 4) is 0 Å². The first-order valence-electron chi connectivity index (χ1n) is 7.64. The van der Waals surface area contributed by atoms with Gasteiger partial charge >= 0.3 is 0 Å². The van der Waals surface area contributed by atoms with Crippen molar-refractivity contribution in [3.63, 3.8) is 0 Å². The predicted octanol–water partition coefficient (Wildman–Crippen LogP) is 1.74. The Labute approximate surface area is 124 Å². The standard InChI is InChI=1S/C17H21NO3/c1-10-3-2-4-13(9-10)18-16(19)14-11-5-7-12(8-6-11)15(14)17(20)21/h2-4,9,11-12,14-15H,5-8H2,1H3,(H,18,19)(H,20,21)/p-1/t11?,12?,14-,15+/m0/s1. The molecule has 0 aromatic heterocycles. The van der Waals surface area contributed by atoms with Crippen molar-refractivity contribution in [1.29, 1.82) is 0 Å². The van der Waals surface area contributed by atoms with Gasteiger partial charge in [0, 0.05) is 23.5 Å². The number of nitrogens with one attached hydrogen (secondary N) is 1. The van der Waals surface area contributed by atoms with E-state index >= 15 is 0 Å². The Morgan fingerprint density at radius 2 is 1.71 bits per heavy atom. The Morgan fingerprint density at radius 1 is 1.10 bits per heavy atom. The van der Waals surface area contributed by atoms with Crippen LogP contribution in [0, 0.1) is 30.6 Å². The maximum absolute atomic E-state index is 12.6. The second-order valence-corrected chi connectivity index (χ2v) is 6.40. The third-order valence-electron chi connectivity index (χ3n) is 5.08. The summed E-state index contributed by atoms with van der Waals surface area (Å²) in [7, 11) is 0. The van der Waals surface area contributed by atoms with Crippen molar-refractivity contribution in [2.45, 2.75) is 32.6 Å².